The number of carbonyl (C=O) groups is 2. The van der Waals surface area contributed by atoms with E-state index in [1.165, 1.54) is 4.90 Å². The van der Waals surface area contributed by atoms with Crippen molar-refractivity contribution in [1.82, 2.24) is 15.4 Å². The number of methoxy groups -OCH3 is 1. The normalized spacial score (nSPS) is 11.5. The van der Waals surface area contributed by atoms with Crippen LogP contribution >= 0.6 is 0 Å². The molecule has 0 unspecified atom stereocenters. The van der Waals surface area contributed by atoms with Crippen LogP contribution in [0.15, 0.2) is 48.8 Å². The van der Waals surface area contributed by atoms with Crippen molar-refractivity contribution >= 4 is 11.8 Å². The fourth-order valence-corrected chi connectivity index (χ4v) is 2.53. The first kappa shape index (κ1) is 18.4. The van der Waals surface area contributed by atoms with Gasteiger partial charge in [-0.2, -0.15) is 0 Å². The van der Waals surface area contributed by atoms with E-state index >= 15 is 0 Å². The molecule has 0 radical (unpaired) electrons. The van der Waals surface area contributed by atoms with Crippen LogP contribution in [0.2, 0.25) is 0 Å². The minimum Gasteiger partial charge on any atom is -0.497 e. The van der Waals surface area contributed by atoms with Crippen molar-refractivity contribution in [2.24, 2.45) is 0 Å². The summed E-state index contributed by atoms with van der Waals surface area (Å²) in [5, 5.41) is 9.01. The van der Waals surface area contributed by atoms with Gasteiger partial charge in [-0.1, -0.05) is 13.0 Å². The van der Waals surface area contributed by atoms with Gasteiger partial charge in [-0.25, -0.2) is 5.48 Å². The number of aromatic nitrogens is 1. The number of rotatable bonds is 7. The Morgan fingerprint density at radius 3 is 2.52 bits per heavy atom. The van der Waals surface area contributed by atoms with E-state index in [9.17, 15) is 9.59 Å². The fourth-order valence-electron chi connectivity index (χ4n) is 2.53. The summed E-state index contributed by atoms with van der Waals surface area (Å²) >= 11 is 0. The van der Waals surface area contributed by atoms with Gasteiger partial charge in [0.1, 0.15) is 11.8 Å². The first-order valence-corrected chi connectivity index (χ1v) is 7.88. The molecule has 25 heavy (non-hydrogen) atoms. The van der Waals surface area contributed by atoms with Crippen molar-refractivity contribution in [3.63, 3.8) is 0 Å². The van der Waals surface area contributed by atoms with Gasteiger partial charge in [-0.05, 0) is 42.3 Å². The standard InChI is InChI=1S/C18H21N3O4/c1-3-16(17(22)20-24)21(12-13-5-4-10-19-11-13)18(23)14-6-8-15(25-2)9-7-14/h4-11,16,24H,3,12H2,1-2H3,(H,20,22)/t16-/m1/s1. The number of amides is 2. The molecule has 7 heteroatoms. The third-order valence-electron chi connectivity index (χ3n) is 3.85. The molecule has 0 aliphatic carbocycles. The summed E-state index contributed by atoms with van der Waals surface area (Å²) in [6.45, 7) is 1.97. The molecule has 0 spiro atoms. The average molecular weight is 343 g/mol. The molecule has 1 aromatic carbocycles. The number of hydrogen-bond donors (Lipinski definition) is 2. The quantitative estimate of drug-likeness (QED) is 0.593. The van der Waals surface area contributed by atoms with Gasteiger partial charge >= 0.3 is 0 Å². The second-order valence-corrected chi connectivity index (χ2v) is 5.42. The highest BCUT2D eigenvalue weighted by molar-refractivity contribution is 5.97. The number of carbonyl (C=O) groups excluding carboxylic acids is 2. The molecule has 2 N–H and O–H groups in total. The lowest BCUT2D eigenvalue weighted by Gasteiger charge is -2.29. The molecule has 2 rings (SSSR count). The summed E-state index contributed by atoms with van der Waals surface area (Å²) < 4.78 is 5.10. The van der Waals surface area contributed by atoms with Gasteiger partial charge in [0, 0.05) is 24.5 Å². The molecule has 0 saturated heterocycles. The van der Waals surface area contributed by atoms with Crippen LogP contribution in [0.5, 0.6) is 5.75 Å². The Balaban J connectivity index is 2.34. The van der Waals surface area contributed by atoms with E-state index in [1.54, 1.807) is 62.2 Å². The molecule has 7 nitrogen and oxygen atoms in total. The van der Waals surface area contributed by atoms with E-state index in [1.807, 2.05) is 6.07 Å². The van der Waals surface area contributed by atoms with E-state index in [2.05, 4.69) is 4.98 Å². The van der Waals surface area contributed by atoms with Crippen molar-refractivity contribution < 1.29 is 19.5 Å². The topological polar surface area (TPSA) is 91.8 Å². The monoisotopic (exact) mass is 343 g/mol. The zero-order valence-electron chi connectivity index (χ0n) is 14.2. The minimum absolute atomic E-state index is 0.199. The smallest absolute Gasteiger partial charge is 0.266 e. The van der Waals surface area contributed by atoms with Crippen molar-refractivity contribution in [1.29, 1.82) is 0 Å². The van der Waals surface area contributed by atoms with Gasteiger partial charge < -0.3 is 9.64 Å². The Morgan fingerprint density at radius 1 is 1.28 bits per heavy atom. The fraction of sp³-hybridized carbons (Fsp3) is 0.278. The predicted molar refractivity (Wildman–Crippen MR) is 91.1 cm³/mol. The van der Waals surface area contributed by atoms with Gasteiger partial charge in [-0.15, -0.1) is 0 Å². The predicted octanol–water partition coefficient (Wildman–Crippen LogP) is 2.02. The van der Waals surface area contributed by atoms with E-state index < -0.39 is 11.9 Å². The van der Waals surface area contributed by atoms with E-state index in [-0.39, 0.29) is 12.5 Å². The number of nitrogens with one attached hydrogen (secondary N) is 1. The molecule has 0 fully saturated rings. The molecule has 0 aliphatic rings. The first-order chi connectivity index (χ1) is 12.1. The Morgan fingerprint density at radius 2 is 2.00 bits per heavy atom. The highest BCUT2D eigenvalue weighted by Gasteiger charge is 2.29. The zero-order valence-corrected chi connectivity index (χ0v) is 14.2. The number of pyridine rings is 1. The number of nitrogens with zero attached hydrogens (tertiary/aromatic N) is 2. The van der Waals surface area contributed by atoms with E-state index in [0.717, 1.165) is 5.56 Å². The third kappa shape index (κ3) is 4.54. The van der Waals surface area contributed by atoms with Crippen LogP contribution in [0.3, 0.4) is 0 Å². The van der Waals surface area contributed by atoms with Gasteiger partial charge in [0.25, 0.3) is 11.8 Å². The molecular formula is C18H21N3O4. The second kappa shape index (κ2) is 8.79. The van der Waals surface area contributed by atoms with Gasteiger partial charge in [0.2, 0.25) is 0 Å². The maximum Gasteiger partial charge on any atom is 0.266 e. The molecule has 132 valence electrons. The Bertz CT molecular complexity index is 704. The molecule has 2 amide bonds. The Hall–Kier alpha value is -2.93. The number of hydrogen-bond acceptors (Lipinski definition) is 5. The largest absolute Gasteiger partial charge is 0.497 e. The minimum atomic E-state index is -0.806. The van der Waals surface area contributed by atoms with Crippen LogP contribution in [-0.4, -0.2) is 40.1 Å². The van der Waals surface area contributed by atoms with Crippen molar-refractivity contribution in [2.45, 2.75) is 25.9 Å². The lowest BCUT2D eigenvalue weighted by molar-refractivity contribution is -0.134. The summed E-state index contributed by atoms with van der Waals surface area (Å²) in [7, 11) is 1.55. The SMILES string of the molecule is CC[C@H](C(=O)NO)N(Cc1cccnc1)C(=O)c1ccc(OC)cc1. The molecule has 1 heterocycles. The molecular weight excluding hydrogens is 322 g/mol. The van der Waals surface area contributed by atoms with E-state index in [0.29, 0.717) is 17.7 Å². The lowest BCUT2D eigenvalue weighted by Crippen LogP contribution is -2.48. The van der Waals surface area contributed by atoms with E-state index in [4.69, 9.17) is 9.94 Å². The summed E-state index contributed by atoms with van der Waals surface area (Å²) in [5.41, 5.74) is 2.85. The average Bonchev–Trinajstić information content (AvgIpc) is 2.67. The number of benzene rings is 1. The molecule has 2 aromatic rings. The van der Waals surface area contributed by atoms with Crippen LogP contribution in [0.25, 0.3) is 0 Å². The zero-order chi connectivity index (χ0) is 18.2. The van der Waals surface area contributed by atoms with Crippen molar-refractivity contribution in [3.05, 3.63) is 59.9 Å². The first-order valence-electron chi connectivity index (χ1n) is 7.88. The highest BCUT2D eigenvalue weighted by atomic mass is 16.5. The summed E-state index contributed by atoms with van der Waals surface area (Å²) in [4.78, 5) is 30.5. The van der Waals surface area contributed by atoms with Crippen LogP contribution in [-0.2, 0) is 11.3 Å². The van der Waals surface area contributed by atoms with Crippen molar-refractivity contribution in [2.75, 3.05) is 7.11 Å². The Labute approximate surface area is 146 Å². The lowest BCUT2D eigenvalue weighted by atomic mass is 10.1. The van der Waals surface area contributed by atoms with Gasteiger partial charge in [-0.3, -0.25) is 19.8 Å². The molecule has 1 aromatic heterocycles. The second-order valence-electron chi connectivity index (χ2n) is 5.42. The van der Waals surface area contributed by atoms with Gasteiger partial charge in [0.15, 0.2) is 0 Å². The summed E-state index contributed by atoms with van der Waals surface area (Å²) in [5.74, 6) is -0.314. The number of ether oxygens (including phenoxy) is 1. The van der Waals surface area contributed by atoms with Crippen LogP contribution in [0, 0.1) is 0 Å². The maximum atomic E-state index is 13.0. The van der Waals surface area contributed by atoms with Gasteiger partial charge in [0.05, 0.1) is 7.11 Å². The molecule has 1 atom stereocenters. The molecule has 0 aliphatic heterocycles. The highest BCUT2D eigenvalue weighted by Crippen LogP contribution is 2.18. The number of hydroxylamine groups is 1. The molecule has 0 saturated carbocycles. The van der Waals surface area contributed by atoms with Crippen LogP contribution in [0.1, 0.15) is 29.3 Å². The molecule has 0 bridgehead atoms. The third-order valence-corrected chi connectivity index (χ3v) is 3.85. The summed E-state index contributed by atoms with van der Waals surface area (Å²) in [6.07, 6.45) is 3.63. The van der Waals surface area contributed by atoms with Crippen LogP contribution < -0.4 is 10.2 Å². The maximum absolute atomic E-state index is 13.0. The Kier molecular flexibility index (Phi) is 6.47. The van der Waals surface area contributed by atoms with Crippen molar-refractivity contribution in [3.8, 4) is 5.75 Å². The summed E-state index contributed by atoms with van der Waals surface area (Å²) in [6, 6.07) is 9.43. The van der Waals surface area contributed by atoms with Crippen LogP contribution in [0.4, 0.5) is 0 Å².